The topological polar surface area (TPSA) is 49.4 Å². The largest absolute Gasteiger partial charge is 0.352 e. The van der Waals surface area contributed by atoms with Crippen molar-refractivity contribution in [2.45, 2.75) is 32.9 Å². The first-order valence-corrected chi connectivity index (χ1v) is 8.87. The molecule has 0 bridgehead atoms. The molecule has 26 heavy (non-hydrogen) atoms. The number of aryl methyl sites for hydroxylation is 1. The van der Waals surface area contributed by atoms with Crippen LogP contribution in [0.3, 0.4) is 0 Å². The van der Waals surface area contributed by atoms with Gasteiger partial charge in [0.1, 0.15) is 5.82 Å². The third kappa shape index (κ3) is 4.48. The molecule has 2 amide bonds. The molecule has 3 rings (SSSR count). The van der Waals surface area contributed by atoms with Gasteiger partial charge in [-0.3, -0.25) is 9.59 Å². The molecule has 1 N–H and O–H groups in total. The van der Waals surface area contributed by atoms with Gasteiger partial charge in [-0.2, -0.15) is 0 Å². The van der Waals surface area contributed by atoms with Crippen molar-refractivity contribution in [3.63, 3.8) is 0 Å². The molecule has 0 spiro atoms. The molecule has 0 radical (unpaired) electrons. The van der Waals surface area contributed by atoms with Crippen molar-refractivity contribution >= 4 is 11.8 Å². The fourth-order valence-electron chi connectivity index (χ4n) is 3.27. The van der Waals surface area contributed by atoms with E-state index in [1.807, 2.05) is 31.2 Å². The quantitative estimate of drug-likeness (QED) is 0.896. The molecule has 0 aromatic heterocycles. The van der Waals surface area contributed by atoms with E-state index in [0.29, 0.717) is 32.5 Å². The Hall–Kier alpha value is -2.69. The summed E-state index contributed by atoms with van der Waals surface area (Å²) in [6, 6.07) is 14.2. The maximum atomic E-state index is 13.4. The summed E-state index contributed by atoms with van der Waals surface area (Å²) in [4.78, 5) is 26.4. The van der Waals surface area contributed by atoms with Crippen LogP contribution in [-0.4, -0.2) is 23.3 Å². The summed E-state index contributed by atoms with van der Waals surface area (Å²) in [5.74, 6) is -0.577. The molecule has 4 nitrogen and oxygen atoms in total. The molecule has 0 unspecified atom stereocenters. The van der Waals surface area contributed by atoms with Crippen molar-refractivity contribution in [3.8, 4) is 0 Å². The average molecular weight is 354 g/mol. The molecule has 136 valence electrons. The fraction of sp³-hybridized carbons (Fsp3) is 0.333. The first-order valence-electron chi connectivity index (χ1n) is 8.87. The highest BCUT2D eigenvalue weighted by molar-refractivity contribution is 5.83. The summed E-state index contributed by atoms with van der Waals surface area (Å²) in [5.41, 5.74) is 2.96. The molecule has 1 atom stereocenters. The van der Waals surface area contributed by atoms with E-state index in [1.165, 1.54) is 12.1 Å². The van der Waals surface area contributed by atoms with Crippen LogP contribution in [0.5, 0.6) is 0 Å². The van der Waals surface area contributed by atoms with Crippen LogP contribution in [-0.2, 0) is 22.7 Å². The molecule has 0 saturated carbocycles. The third-order valence-electron chi connectivity index (χ3n) is 4.85. The normalized spacial score (nSPS) is 17.2. The first kappa shape index (κ1) is 18.1. The second-order valence-corrected chi connectivity index (χ2v) is 6.78. The van der Waals surface area contributed by atoms with E-state index in [1.54, 1.807) is 17.0 Å². The number of piperidine rings is 1. The van der Waals surface area contributed by atoms with Crippen molar-refractivity contribution < 1.29 is 14.0 Å². The molecule has 1 heterocycles. The molecular formula is C21H23FN2O2. The molecule has 1 fully saturated rings. The number of halogens is 1. The third-order valence-corrected chi connectivity index (χ3v) is 4.85. The van der Waals surface area contributed by atoms with Gasteiger partial charge < -0.3 is 10.2 Å². The van der Waals surface area contributed by atoms with Crippen LogP contribution in [0.15, 0.2) is 48.5 Å². The second kappa shape index (κ2) is 8.13. The van der Waals surface area contributed by atoms with E-state index in [2.05, 4.69) is 5.32 Å². The Kier molecular flexibility index (Phi) is 5.66. The number of carbonyl (C=O) groups is 2. The molecule has 2 aromatic carbocycles. The Morgan fingerprint density at radius 2 is 2.04 bits per heavy atom. The lowest BCUT2D eigenvalue weighted by Gasteiger charge is -2.32. The van der Waals surface area contributed by atoms with Gasteiger partial charge in [0.05, 0.1) is 5.92 Å². The van der Waals surface area contributed by atoms with E-state index in [9.17, 15) is 14.0 Å². The minimum absolute atomic E-state index is 0.0113. The number of nitrogens with zero attached hydrogens (tertiary/aromatic N) is 1. The van der Waals surface area contributed by atoms with Crippen LogP contribution in [0.4, 0.5) is 4.39 Å². The van der Waals surface area contributed by atoms with Gasteiger partial charge in [0.15, 0.2) is 0 Å². The number of hydrogen-bond acceptors (Lipinski definition) is 2. The molecule has 1 aliphatic rings. The summed E-state index contributed by atoms with van der Waals surface area (Å²) in [6.07, 6.45) is 0.899. The highest BCUT2D eigenvalue weighted by Gasteiger charge is 2.30. The van der Waals surface area contributed by atoms with Crippen LogP contribution < -0.4 is 5.32 Å². The lowest BCUT2D eigenvalue weighted by atomic mass is 9.96. The Balaban J connectivity index is 1.59. The molecule has 2 aromatic rings. The van der Waals surface area contributed by atoms with E-state index in [0.717, 1.165) is 16.7 Å². The van der Waals surface area contributed by atoms with Crippen LogP contribution in [0.2, 0.25) is 0 Å². The predicted octanol–water partition coefficient (Wildman–Crippen LogP) is 3.19. The number of amides is 2. The van der Waals surface area contributed by atoms with Crippen molar-refractivity contribution in [1.29, 1.82) is 0 Å². The zero-order chi connectivity index (χ0) is 18.5. The van der Waals surface area contributed by atoms with Gasteiger partial charge in [0.25, 0.3) is 0 Å². The Labute approximate surface area is 153 Å². The highest BCUT2D eigenvalue weighted by Crippen LogP contribution is 2.20. The second-order valence-electron chi connectivity index (χ2n) is 6.78. The van der Waals surface area contributed by atoms with Crippen molar-refractivity contribution in [1.82, 2.24) is 10.2 Å². The van der Waals surface area contributed by atoms with Crippen molar-refractivity contribution in [2.24, 2.45) is 5.92 Å². The van der Waals surface area contributed by atoms with Gasteiger partial charge >= 0.3 is 0 Å². The summed E-state index contributed by atoms with van der Waals surface area (Å²) in [7, 11) is 0. The smallest absolute Gasteiger partial charge is 0.225 e. The van der Waals surface area contributed by atoms with E-state index >= 15 is 0 Å². The fourth-order valence-corrected chi connectivity index (χ4v) is 3.27. The Morgan fingerprint density at radius 1 is 1.23 bits per heavy atom. The summed E-state index contributed by atoms with van der Waals surface area (Å²) >= 11 is 0. The number of carbonyl (C=O) groups excluding carboxylic acids is 2. The summed E-state index contributed by atoms with van der Waals surface area (Å²) in [6.45, 7) is 3.20. The van der Waals surface area contributed by atoms with Gasteiger partial charge in [0.2, 0.25) is 11.8 Å². The van der Waals surface area contributed by atoms with Crippen molar-refractivity contribution in [2.75, 3.05) is 6.54 Å². The Morgan fingerprint density at radius 3 is 2.81 bits per heavy atom. The number of likely N-dealkylation sites (tertiary alicyclic amines) is 1. The van der Waals surface area contributed by atoms with Crippen LogP contribution in [0.1, 0.15) is 29.5 Å². The molecule has 1 saturated heterocycles. The average Bonchev–Trinajstić information content (AvgIpc) is 2.63. The molecule has 5 heteroatoms. The maximum Gasteiger partial charge on any atom is 0.225 e. The first-order chi connectivity index (χ1) is 12.5. The van der Waals surface area contributed by atoms with E-state index in [-0.39, 0.29) is 23.5 Å². The zero-order valence-corrected chi connectivity index (χ0v) is 14.9. The monoisotopic (exact) mass is 354 g/mol. The van der Waals surface area contributed by atoms with Gasteiger partial charge in [-0.05, 0) is 42.2 Å². The minimum Gasteiger partial charge on any atom is -0.352 e. The van der Waals surface area contributed by atoms with E-state index in [4.69, 9.17) is 0 Å². The minimum atomic E-state index is -0.320. The lowest BCUT2D eigenvalue weighted by Crippen LogP contribution is -2.45. The number of nitrogens with one attached hydrogen (secondary N) is 1. The molecule has 1 aliphatic heterocycles. The SMILES string of the molecule is Cc1ccccc1CNC(=O)[C@H]1CCC(=O)N(Cc2cccc(F)c2)C1. The van der Waals surface area contributed by atoms with Crippen LogP contribution in [0.25, 0.3) is 0 Å². The van der Waals surface area contributed by atoms with Gasteiger partial charge in [0, 0.05) is 26.1 Å². The number of rotatable bonds is 5. The Bertz CT molecular complexity index is 806. The van der Waals surface area contributed by atoms with E-state index < -0.39 is 0 Å². The summed E-state index contributed by atoms with van der Waals surface area (Å²) in [5, 5.41) is 2.98. The predicted molar refractivity (Wildman–Crippen MR) is 97.6 cm³/mol. The maximum absolute atomic E-state index is 13.4. The standard InChI is InChI=1S/C21H23FN2O2/c1-15-5-2-3-7-17(15)12-23-21(26)18-9-10-20(25)24(14-18)13-16-6-4-8-19(22)11-16/h2-8,11,18H,9-10,12-14H2,1H3,(H,23,26)/t18-/m0/s1. The van der Waals surface area contributed by atoms with Gasteiger partial charge in [-0.15, -0.1) is 0 Å². The summed E-state index contributed by atoms with van der Waals surface area (Å²) < 4.78 is 13.4. The highest BCUT2D eigenvalue weighted by atomic mass is 19.1. The van der Waals surface area contributed by atoms with Crippen molar-refractivity contribution in [3.05, 3.63) is 71.0 Å². The van der Waals surface area contributed by atoms with Gasteiger partial charge in [-0.1, -0.05) is 36.4 Å². The number of benzene rings is 2. The molecule has 0 aliphatic carbocycles. The van der Waals surface area contributed by atoms with Crippen LogP contribution >= 0.6 is 0 Å². The number of hydrogen-bond donors (Lipinski definition) is 1. The zero-order valence-electron chi connectivity index (χ0n) is 14.9. The molecular weight excluding hydrogens is 331 g/mol. The lowest BCUT2D eigenvalue weighted by molar-refractivity contribution is -0.139. The van der Waals surface area contributed by atoms with Gasteiger partial charge in [-0.25, -0.2) is 4.39 Å². The van der Waals surface area contributed by atoms with Crippen LogP contribution in [0, 0.1) is 18.7 Å².